The lowest BCUT2D eigenvalue weighted by atomic mass is 9.99. The fourth-order valence-corrected chi connectivity index (χ4v) is 2.98. The van der Waals surface area contributed by atoms with Crippen LogP contribution in [0.1, 0.15) is 15.9 Å². The van der Waals surface area contributed by atoms with Crippen molar-refractivity contribution < 1.29 is 44.2 Å². The van der Waals surface area contributed by atoms with Crippen molar-refractivity contribution in [3.63, 3.8) is 0 Å². The second kappa shape index (κ2) is 10.2. The van der Waals surface area contributed by atoms with Gasteiger partial charge in [0.05, 0.1) is 6.61 Å². The molecule has 1 aliphatic rings. The molecule has 1 heterocycles. The summed E-state index contributed by atoms with van der Waals surface area (Å²) in [5, 5.41) is 39.7. The van der Waals surface area contributed by atoms with E-state index in [-0.39, 0.29) is 11.5 Å². The van der Waals surface area contributed by atoms with Crippen molar-refractivity contribution in [1.82, 2.24) is 0 Å². The molecule has 164 valence electrons. The minimum Gasteiger partial charge on any atom is -0.508 e. The van der Waals surface area contributed by atoms with Crippen molar-refractivity contribution in [1.29, 1.82) is 0 Å². The summed E-state index contributed by atoms with van der Waals surface area (Å²) in [5.41, 5.74) is 1.06. The van der Waals surface area contributed by atoms with Crippen LogP contribution in [0.25, 0.3) is 6.08 Å². The van der Waals surface area contributed by atoms with Gasteiger partial charge in [-0.3, -0.25) is 4.79 Å². The van der Waals surface area contributed by atoms with Crippen molar-refractivity contribution >= 4 is 18.3 Å². The van der Waals surface area contributed by atoms with Crippen LogP contribution in [0.15, 0.2) is 54.6 Å². The van der Waals surface area contributed by atoms with Crippen LogP contribution in [0, 0.1) is 0 Å². The van der Waals surface area contributed by atoms with Gasteiger partial charge in [0.15, 0.2) is 6.10 Å². The first-order chi connectivity index (χ1) is 14.9. The molecule has 1 saturated heterocycles. The summed E-state index contributed by atoms with van der Waals surface area (Å²) in [7, 11) is 0. The Bertz CT molecular complexity index is 906. The molecule has 0 radical (unpaired) electrons. The second-order valence-corrected chi connectivity index (χ2v) is 6.84. The van der Waals surface area contributed by atoms with Gasteiger partial charge in [-0.2, -0.15) is 0 Å². The normalized spacial score (nSPS) is 25.8. The van der Waals surface area contributed by atoms with Gasteiger partial charge in [-0.25, -0.2) is 4.79 Å². The van der Waals surface area contributed by atoms with Crippen LogP contribution in [0.4, 0.5) is 0 Å². The van der Waals surface area contributed by atoms with Crippen molar-refractivity contribution in [2.45, 2.75) is 30.7 Å². The molecule has 31 heavy (non-hydrogen) atoms. The van der Waals surface area contributed by atoms with E-state index >= 15 is 0 Å². The highest BCUT2D eigenvalue weighted by Gasteiger charge is 2.47. The van der Waals surface area contributed by atoms with Crippen LogP contribution in [0.5, 0.6) is 11.5 Å². The van der Waals surface area contributed by atoms with Crippen LogP contribution in [0.3, 0.4) is 0 Å². The summed E-state index contributed by atoms with van der Waals surface area (Å²) in [6.45, 7) is -0.604. The number of phenols is 1. The molecule has 0 saturated carbocycles. The number of hydrogen-bond acceptors (Lipinski definition) is 9. The zero-order valence-electron chi connectivity index (χ0n) is 16.3. The minimum atomic E-state index is -1.59. The Labute approximate surface area is 177 Å². The predicted molar refractivity (Wildman–Crippen MR) is 107 cm³/mol. The number of aromatic hydroxyl groups is 1. The Kier molecular flexibility index (Phi) is 7.37. The van der Waals surface area contributed by atoms with Gasteiger partial charge >= 0.3 is 5.97 Å². The molecule has 0 amide bonds. The molecule has 0 bridgehead atoms. The molecular weight excluding hydrogens is 408 g/mol. The lowest BCUT2D eigenvalue weighted by Crippen LogP contribution is -2.61. The van der Waals surface area contributed by atoms with E-state index < -0.39 is 43.3 Å². The highest BCUT2D eigenvalue weighted by molar-refractivity contribution is 5.87. The maximum atomic E-state index is 12.2. The predicted octanol–water partition coefficient (Wildman–Crippen LogP) is 0.648. The van der Waals surface area contributed by atoms with E-state index in [0.717, 1.165) is 6.08 Å². The molecule has 0 spiro atoms. The van der Waals surface area contributed by atoms with Gasteiger partial charge in [0.2, 0.25) is 6.29 Å². The third kappa shape index (κ3) is 5.68. The first-order valence-electron chi connectivity index (χ1n) is 9.43. The number of esters is 1. The molecule has 5 atom stereocenters. The number of carbonyl (C=O) groups is 2. The molecule has 0 aliphatic carbocycles. The van der Waals surface area contributed by atoms with E-state index in [1.807, 2.05) is 0 Å². The zero-order chi connectivity index (χ0) is 22.4. The largest absolute Gasteiger partial charge is 0.508 e. The maximum absolute atomic E-state index is 12.2. The van der Waals surface area contributed by atoms with E-state index in [1.54, 1.807) is 12.1 Å². The molecule has 9 nitrogen and oxygen atoms in total. The van der Waals surface area contributed by atoms with Crippen molar-refractivity contribution in [2.75, 3.05) is 6.61 Å². The number of ether oxygens (including phenoxy) is 3. The molecule has 1 aliphatic heterocycles. The monoisotopic (exact) mass is 430 g/mol. The third-order valence-corrected chi connectivity index (χ3v) is 4.65. The van der Waals surface area contributed by atoms with Gasteiger partial charge in [-0.1, -0.05) is 12.1 Å². The van der Waals surface area contributed by atoms with Gasteiger partial charge in [-0.15, -0.1) is 0 Å². The van der Waals surface area contributed by atoms with Crippen molar-refractivity contribution in [2.24, 2.45) is 0 Å². The molecular formula is C22H22O9. The van der Waals surface area contributed by atoms with E-state index in [2.05, 4.69) is 0 Å². The first-order valence-corrected chi connectivity index (χ1v) is 9.43. The van der Waals surface area contributed by atoms with Gasteiger partial charge in [0.1, 0.15) is 36.1 Å². The maximum Gasteiger partial charge on any atom is 0.331 e. The van der Waals surface area contributed by atoms with Gasteiger partial charge < -0.3 is 34.6 Å². The molecule has 9 heteroatoms. The average molecular weight is 430 g/mol. The van der Waals surface area contributed by atoms with Crippen LogP contribution in [-0.4, -0.2) is 70.0 Å². The van der Waals surface area contributed by atoms with E-state index in [4.69, 9.17) is 14.2 Å². The Hall–Kier alpha value is -3.24. The average Bonchev–Trinajstić information content (AvgIpc) is 2.79. The number of hydrogen-bond donors (Lipinski definition) is 4. The fraction of sp³-hybridized carbons (Fsp3) is 0.273. The molecule has 4 N–H and O–H groups in total. The number of aldehydes is 1. The van der Waals surface area contributed by atoms with Crippen LogP contribution < -0.4 is 4.74 Å². The smallest absolute Gasteiger partial charge is 0.331 e. The van der Waals surface area contributed by atoms with Crippen LogP contribution in [-0.2, 0) is 14.3 Å². The molecule has 1 fully saturated rings. The summed E-state index contributed by atoms with van der Waals surface area (Å²) >= 11 is 0. The molecule has 2 aromatic rings. The lowest BCUT2D eigenvalue weighted by Gasteiger charge is -2.41. The Balaban J connectivity index is 1.64. The Morgan fingerprint density at radius 3 is 2.26 bits per heavy atom. The zero-order valence-corrected chi connectivity index (χ0v) is 16.3. The standard InChI is InChI=1S/C22H22O9/c23-11-14-3-8-16(9-4-14)29-22-20(28)19(27)21(17(12-24)30-22)31-18(26)10-5-13-1-6-15(25)7-2-13/h1-11,17,19-22,24-25,27-28H,12H2/b10-5-/t17-,19-,20-,21-,22+/m1/s1. The second-order valence-electron chi connectivity index (χ2n) is 6.84. The van der Waals surface area contributed by atoms with Gasteiger partial charge in [0, 0.05) is 11.6 Å². The highest BCUT2D eigenvalue weighted by atomic mass is 16.7. The van der Waals surface area contributed by atoms with Crippen molar-refractivity contribution in [3.05, 3.63) is 65.7 Å². The lowest BCUT2D eigenvalue weighted by molar-refractivity contribution is -0.280. The Morgan fingerprint density at radius 1 is 1.00 bits per heavy atom. The van der Waals surface area contributed by atoms with Gasteiger partial charge in [-0.05, 0) is 48.0 Å². The number of phenolic OH excluding ortho intramolecular Hbond substituents is 1. The number of rotatable bonds is 7. The Morgan fingerprint density at radius 2 is 1.65 bits per heavy atom. The summed E-state index contributed by atoms with van der Waals surface area (Å²) < 4.78 is 16.2. The topological polar surface area (TPSA) is 143 Å². The summed E-state index contributed by atoms with van der Waals surface area (Å²) in [4.78, 5) is 22.9. The highest BCUT2D eigenvalue weighted by Crippen LogP contribution is 2.26. The van der Waals surface area contributed by atoms with E-state index in [1.165, 1.54) is 42.5 Å². The fourth-order valence-electron chi connectivity index (χ4n) is 2.98. The summed E-state index contributed by atoms with van der Waals surface area (Å²) in [6.07, 6.45) is -3.77. The quantitative estimate of drug-likeness (QED) is 0.283. The SMILES string of the molecule is O=Cc1ccc(O[C@H]2O[C@H](CO)[C@@H](OC(=O)/C=C\c3ccc(O)cc3)[C@H](O)[C@H]2O)cc1. The summed E-state index contributed by atoms with van der Waals surface area (Å²) in [5.74, 6) is -0.473. The molecule has 0 unspecified atom stereocenters. The first kappa shape index (κ1) is 22.4. The van der Waals surface area contributed by atoms with E-state index in [0.29, 0.717) is 17.4 Å². The number of carbonyl (C=O) groups excluding carboxylic acids is 2. The number of aliphatic hydroxyl groups is 3. The third-order valence-electron chi connectivity index (χ3n) is 4.65. The molecule has 2 aromatic carbocycles. The molecule has 0 aromatic heterocycles. The summed E-state index contributed by atoms with van der Waals surface area (Å²) in [6, 6.07) is 12.1. The number of aliphatic hydroxyl groups excluding tert-OH is 3. The van der Waals surface area contributed by atoms with Crippen molar-refractivity contribution in [3.8, 4) is 11.5 Å². The van der Waals surface area contributed by atoms with Crippen LogP contribution >= 0.6 is 0 Å². The molecule has 3 rings (SSSR count). The van der Waals surface area contributed by atoms with Crippen LogP contribution in [0.2, 0.25) is 0 Å². The number of benzene rings is 2. The van der Waals surface area contributed by atoms with E-state index in [9.17, 15) is 30.0 Å². The van der Waals surface area contributed by atoms with Gasteiger partial charge in [0.25, 0.3) is 0 Å². The minimum absolute atomic E-state index is 0.0819.